The smallest absolute Gasteiger partial charge is 0.135 e. The van der Waals surface area contributed by atoms with E-state index in [1.165, 1.54) is 0 Å². The first kappa shape index (κ1) is 6.88. The quantitative estimate of drug-likeness (QED) is 0.344. The molecule has 0 heterocycles. The first-order valence-corrected chi connectivity index (χ1v) is 3.25. The molecular formula is C4H2BrNS. The summed E-state index contributed by atoms with van der Waals surface area (Å²) in [6, 6.07) is 0. The maximum absolute atomic E-state index is 7.96. The largest absolute Gasteiger partial charge is 0.185 e. The Balaban J connectivity index is 3.27. The van der Waals surface area contributed by atoms with Crippen LogP contribution in [0.25, 0.3) is 0 Å². The van der Waals surface area contributed by atoms with E-state index in [1.807, 2.05) is 5.40 Å². The van der Waals surface area contributed by atoms with Gasteiger partial charge in [0.25, 0.3) is 0 Å². The van der Waals surface area contributed by atoms with Crippen LogP contribution in [0.3, 0.4) is 0 Å². The Bertz CT molecular complexity index is 121. The van der Waals surface area contributed by atoms with Crippen molar-refractivity contribution < 1.29 is 0 Å². The molecule has 0 aromatic rings. The van der Waals surface area contributed by atoms with Crippen molar-refractivity contribution in [1.29, 1.82) is 5.26 Å². The van der Waals surface area contributed by atoms with Gasteiger partial charge in [0.15, 0.2) is 0 Å². The van der Waals surface area contributed by atoms with E-state index in [1.54, 1.807) is 0 Å². The van der Waals surface area contributed by atoms with Gasteiger partial charge in [0, 0.05) is 0 Å². The van der Waals surface area contributed by atoms with Gasteiger partial charge in [-0.1, -0.05) is 21.9 Å². The second kappa shape index (κ2) is 4.05. The van der Waals surface area contributed by atoms with E-state index < -0.39 is 0 Å². The molecule has 0 radical (unpaired) electrons. The van der Waals surface area contributed by atoms with E-state index >= 15 is 0 Å². The van der Waals surface area contributed by atoms with Crippen molar-refractivity contribution in [1.82, 2.24) is 0 Å². The van der Waals surface area contributed by atoms with Gasteiger partial charge in [-0.3, -0.25) is 0 Å². The molecule has 1 unspecified atom stereocenters. The SMILES string of the molecule is C#CC(Br)SC#N. The Kier molecular flexibility index (Phi) is 3.98. The number of hydrogen-bond acceptors (Lipinski definition) is 2. The maximum atomic E-state index is 7.96. The molecule has 0 aliphatic heterocycles. The highest BCUT2D eigenvalue weighted by molar-refractivity contribution is 9.11. The molecule has 0 N–H and O–H groups in total. The van der Waals surface area contributed by atoms with Gasteiger partial charge in [-0.05, 0) is 11.8 Å². The van der Waals surface area contributed by atoms with Gasteiger partial charge in [-0.25, -0.2) is 0 Å². The lowest BCUT2D eigenvalue weighted by Crippen LogP contribution is -1.77. The molecule has 0 saturated heterocycles. The zero-order chi connectivity index (χ0) is 5.70. The molecule has 36 valence electrons. The van der Waals surface area contributed by atoms with Crippen LogP contribution in [0.5, 0.6) is 0 Å². The van der Waals surface area contributed by atoms with Crippen molar-refractivity contribution in [2.45, 2.75) is 4.16 Å². The van der Waals surface area contributed by atoms with E-state index in [0.717, 1.165) is 11.8 Å². The van der Waals surface area contributed by atoms with Gasteiger partial charge in [-0.2, -0.15) is 5.26 Å². The van der Waals surface area contributed by atoms with Crippen LogP contribution >= 0.6 is 27.7 Å². The monoisotopic (exact) mass is 175 g/mol. The second-order valence-corrected chi connectivity index (χ2v) is 3.10. The molecule has 3 heteroatoms. The Morgan fingerprint density at radius 1 is 1.86 bits per heavy atom. The minimum atomic E-state index is -0.155. The number of alkyl halides is 1. The summed E-state index contributed by atoms with van der Waals surface area (Å²) >= 11 is 4.06. The molecule has 0 rings (SSSR count). The lowest BCUT2D eigenvalue weighted by Gasteiger charge is -1.85. The van der Waals surface area contributed by atoms with Crippen LogP contribution in [0.15, 0.2) is 0 Å². The lowest BCUT2D eigenvalue weighted by atomic mass is 10.8. The topological polar surface area (TPSA) is 23.8 Å². The average molecular weight is 176 g/mol. The van der Waals surface area contributed by atoms with E-state index in [0.29, 0.717) is 0 Å². The number of halogens is 1. The Labute approximate surface area is 55.2 Å². The first-order valence-electron chi connectivity index (χ1n) is 1.46. The molecule has 1 nitrogen and oxygen atoms in total. The standard InChI is InChI=1S/C4H2BrNS/c1-2-4(5)7-3-6/h1,4H. The zero-order valence-corrected chi connectivity index (χ0v) is 5.79. The van der Waals surface area contributed by atoms with Crippen molar-refractivity contribution in [3.05, 3.63) is 0 Å². The van der Waals surface area contributed by atoms with Gasteiger partial charge in [0.1, 0.15) is 9.56 Å². The van der Waals surface area contributed by atoms with Crippen molar-refractivity contribution >= 4 is 27.7 Å². The fourth-order valence-corrected chi connectivity index (χ4v) is 0.492. The average Bonchev–Trinajstić information content (AvgIpc) is 1.68. The van der Waals surface area contributed by atoms with E-state index in [-0.39, 0.29) is 4.16 Å². The highest BCUT2D eigenvalue weighted by Crippen LogP contribution is 2.13. The molecule has 0 aromatic heterocycles. The number of thiocyanates is 1. The summed E-state index contributed by atoms with van der Waals surface area (Å²) in [5, 5.41) is 9.80. The summed E-state index contributed by atoms with van der Waals surface area (Å²) < 4.78 is -0.155. The van der Waals surface area contributed by atoms with E-state index in [4.69, 9.17) is 11.7 Å². The van der Waals surface area contributed by atoms with Crippen molar-refractivity contribution in [2.75, 3.05) is 0 Å². The fourth-order valence-electron chi connectivity index (χ4n) is 0.0803. The summed E-state index contributed by atoms with van der Waals surface area (Å²) in [6.45, 7) is 0. The minimum Gasteiger partial charge on any atom is -0.185 e. The highest BCUT2D eigenvalue weighted by Gasteiger charge is 1.93. The molecular weight excluding hydrogens is 174 g/mol. The van der Waals surface area contributed by atoms with E-state index in [2.05, 4.69) is 21.9 Å². The van der Waals surface area contributed by atoms with Gasteiger partial charge >= 0.3 is 0 Å². The molecule has 1 atom stereocenters. The van der Waals surface area contributed by atoms with Crippen LogP contribution in [0.2, 0.25) is 0 Å². The normalized spacial score (nSPS) is 11.3. The van der Waals surface area contributed by atoms with Crippen LogP contribution in [0.4, 0.5) is 0 Å². The number of hydrogen-bond donors (Lipinski definition) is 0. The molecule has 7 heavy (non-hydrogen) atoms. The molecule has 0 saturated carbocycles. The summed E-state index contributed by atoms with van der Waals surface area (Å²) in [7, 11) is 0. The van der Waals surface area contributed by atoms with Gasteiger partial charge in [0.2, 0.25) is 0 Å². The van der Waals surface area contributed by atoms with Crippen molar-refractivity contribution in [3.63, 3.8) is 0 Å². The third-order valence-electron chi connectivity index (χ3n) is 0.287. The third-order valence-corrected chi connectivity index (χ3v) is 1.56. The number of thioether (sulfide) groups is 1. The summed E-state index contributed by atoms with van der Waals surface area (Å²) in [6.07, 6.45) is 4.89. The lowest BCUT2D eigenvalue weighted by molar-refractivity contribution is 1.57. The van der Waals surface area contributed by atoms with Gasteiger partial charge < -0.3 is 0 Å². The predicted molar refractivity (Wildman–Crippen MR) is 34.8 cm³/mol. The van der Waals surface area contributed by atoms with Crippen LogP contribution in [-0.4, -0.2) is 4.16 Å². The van der Waals surface area contributed by atoms with E-state index in [9.17, 15) is 0 Å². The minimum absolute atomic E-state index is 0.155. The van der Waals surface area contributed by atoms with Crippen molar-refractivity contribution in [3.8, 4) is 17.7 Å². The van der Waals surface area contributed by atoms with Gasteiger partial charge in [-0.15, -0.1) is 6.42 Å². The zero-order valence-electron chi connectivity index (χ0n) is 3.39. The molecule has 0 aliphatic rings. The molecule has 0 spiro atoms. The maximum Gasteiger partial charge on any atom is 0.135 e. The summed E-state index contributed by atoms with van der Waals surface area (Å²) in [5.74, 6) is 2.32. The molecule has 0 bridgehead atoms. The number of rotatable bonds is 1. The van der Waals surface area contributed by atoms with Crippen LogP contribution in [0, 0.1) is 23.0 Å². The Morgan fingerprint density at radius 3 is 2.57 bits per heavy atom. The van der Waals surface area contributed by atoms with Crippen molar-refractivity contribution in [2.24, 2.45) is 0 Å². The molecule has 0 aliphatic carbocycles. The molecule has 0 aromatic carbocycles. The van der Waals surface area contributed by atoms with Crippen LogP contribution < -0.4 is 0 Å². The predicted octanol–water partition coefficient (Wildman–Crippen LogP) is 1.55. The van der Waals surface area contributed by atoms with Crippen LogP contribution in [-0.2, 0) is 0 Å². The third kappa shape index (κ3) is 3.72. The van der Waals surface area contributed by atoms with Crippen LogP contribution in [0.1, 0.15) is 0 Å². The second-order valence-electron chi connectivity index (χ2n) is 0.692. The Morgan fingerprint density at radius 2 is 2.43 bits per heavy atom. The number of nitriles is 1. The summed E-state index contributed by atoms with van der Waals surface area (Å²) in [4.78, 5) is 0. The highest BCUT2D eigenvalue weighted by atomic mass is 79.9. The Hall–Kier alpha value is -0.120. The number of nitrogens with zero attached hydrogens (tertiary/aromatic N) is 1. The first-order chi connectivity index (χ1) is 3.31. The molecule has 0 amide bonds. The molecule has 0 fully saturated rings. The summed E-state index contributed by atoms with van der Waals surface area (Å²) in [5.41, 5.74) is 0. The fraction of sp³-hybridized carbons (Fsp3) is 0.250. The van der Waals surface area contributed by atoms with Gasteiger partial charge in [0.05, 0.1) is 0 Å². The number of terminal acetylenes is 1.